The van der Waals surface area contributed by atoms with Gasteiger partial charge in [0.2, 0.25) is 11.8 Å². The van der Waals surface area contributed by atoms with E-state index in [4.69, 9.17) is 16.0 Å². The third kappa shape index (κ3) is 4.38. The maximum absolute atomic E-state index is 13.2. The minimum absolute atomic E-state index is 0.0158. The molecule has 154 valence electrons. The van der Waals surface area contributed by atoms with Crippen molar-refractivity contribution in [1.29, 1.82) is 0 Å². The molecule has 1 aliphatic carbocycles. The summed E-state index contributed by atoms with van der Waals surface area (Å²) in [5.41, 5.74) is 2.79. The molecule has 30 heavy (non-hydrogen) atoms. The zero-order valence-electron chi connectivity index (χ0n) is 16.2. The van der Waals surface area contributed by atoms with Crippen molar-refractivity contribution < 1.29 is 9.21 Å². The van der Waals surface area contributed by atoms with E-state index in [2.05, 4.69) is 22.3 Å². The van der Waals surface area contributed by atoms with Gasteiger partial charge in [0.15, 0.2) is 0 Å². The van der Waals surface area contributed by atoms with E-state index in [1.54, 1.807) is 12.1 Å². The molecule has 2 aliphatic rings. The second kappa shape index (κ2) is 8.65. The molecule has 5 nitrogen and oxygen atoms in total. The first-order chi connectivity index (χ1) is 14.7. The maximum atomic E-state index is 13.2. The standard InChI is InChI=1S/C22H20ClN3O2S2/c23-17-7-5-14(6-8-17)20-25-24-19(28-20)13-26(18-9-10-18)21(27)15-1-3-16(4-2-15)22-29-11-12-30-22/h1-8,18,22H,9-13H2. The van der Waals surface area contributed by atoms with Gasteiger partial charge in [-0.3, -0.25) is 4.79 Å². The molecule has 5 rings (SSSR count). The molecule has 0 unspecified atom stereocenters. The quantitative estimate of drug-likeness (QED) is 0.475. The smallest absolute Gasteiger partial charge is 0.254 e. The van der Waals surface area contributed by atoms with Crippen molar-refractivity contribution in [3.05, 3.63) is 70.6 Å². The Morgan fingerprint density at radius 3 is 2.40 bits per heavy atom. The Kier molecular flexibility index (Phi) is 5.76. The number of thioether (sulfide) groups is 2. The summed E-state index contributed by atoms with van der Waals surface area (Å²) in [4.78, 5) is 15.0. The van der Waals surface area contributed by atoms with Crippen molar-refractivity contribution in [3.63, 3.8) is 0 Å². The van der Waals surface area contributed by atoms with E-state index in [-0.39, 0.29) is 11.9 Å². The lowest BCUT2D eigenvalue weighted by molar-refractivity contribution is 0.0714. The number of hydrogen-bond donors (Lipinski definition) is 0. The fourth-order valence-electron chi connectivity index (χ4n) is 3.42. The molecule has 1 amide bonds. The van der Waals surface area contributed by atoms with Crippen LogP contribution in [0, 0.1) is 0 Å². The Balaban J connectivity index is 1.31. The third-order valence-corrected chi connectivity index (χ3v) is 8.52. The molecule has 1 aromatic heterocycles. The molecule has 1 saturated carbocycles. The van der Waals surface area contributed by atoms with Crippen LogP contribution in [0.4, 0.5) is 0 Å². The monoisotopic (exact) mass is 457 g/mol. The number of halogens is 1. The van der Waals surface area contributed by atoms with Crippen molar-refractivity contribution in [2.45, 2.75) is 30.0 Å². The maximum Gasteiger partial charge on any atom is 0.254 e. The first kappa shape index (κ1) is 20.0. The molecule has 3 aromatic rings. The van der Waals surface area contributed by atoms with E-state index in [1.165, 1.54) is 17.1 Å². The predicted molar refractivity (Wildman–Crippen MR) is 122 cm³/mol. The van der Waals surface area contributed by atoms with Crippen LogP contribution in [0.5, 0.6) is 0 Å². The number of aromatic nitrogens is 2. The lowest BCUT2D eigenvalue weighted by Crippen LogP contribution is -2.32. The minimum Gasteiger partial charge on any atom is -0.419 e. The number of nitrogens with zero attached hydrogens (tertiary/aromatic N) is 3. The average Bonchev–Trinajstić information content (AvgIpc) is 3.26. The highest BCUT2D eigenvalue weighted by Crippen LogP contribution is 2.45. The van der Waals surface area contributed by atoms with Crippen LogP contribution in [-0.4, -0.2) is 38.6 Å². The second-order valence-electron chi connectivity index (χ2n) is 7.37. The normalized spacial score (nSPS) is 16.7. The van der Waals surface area contributed by atoms with Crippen LogP contribution in [-0.2, 0) is 6.54 Å². The highest BCUT2D eigenvalue weighted by molar-refractivity contribution is 8.19. The number of amides is 1. The molecule has 1 aliphatic heterocycles. The summed E-state index contributed by atoms with van der Waals surface area (Å²) < 4.78 is 6.31. The average molecular weight is 458 g/mol. The second-order valence-corrected chi connectivity index (χ2v) is 10.5. The summed E-state index contributed by atoms with van der Waals surface area (Å²) in [7, 11) is 0. The molecule has 2 aromatic carbocycles. The van der Waals surface area contributed by atoms with Crippen LogP contribution in [0.2, 0.25) is 5.02 Å². The summed E-state index contributed by atoms with van der Waals surface area (Å²) in [6.45, 7) is 0.320. The number of rotatable bonds is 6. The van der Waals surface area contributed by atoms with E-state index in [0.29, 0.717) is 33.5 Å². The van der Waals surface area contributed by atoms with Crippen LogP contribution in [0.15, 0.2) is 52.9 Å². The van der Waals surface area contributed by atoms with E-state index in [9.17, 15) is 4.79 Å². The SMILES string of the molecule is O=C(c1ccc(C2SCCS2)cc1)N(Cc1nnc(-c2ccc(Cl)cc2)o1)C1CC1. The molecule has 2 heterocycles. The molecule has 8 heteroatoms. The highest BCUT2D eigenvalue weighted by Gasteiger charge is 2.34. The molecule has 0 radical (unpaired) electrons. The van der Waals surface area contributed by atoms with Crippen LogP contribution in [0.1, 0.15) is 39.2 Å². The van der Waals surface area contributed by atoms with Gasteiger partial charge in [-0.2, -0.15) is 0 Å². The van der Waals surface area contributed by atoms with Gasteiger partial charge in [0.25, 0.3) is 5.91 Å². The van der Waals surface area contributed by atoms with Crippen molar-refractivity contribution in [3.8, 4) is 11.5 Å². The molecular formula is C22H20ClN3O2S2. The van der Waals surface area contributed by atoms with Gasteiger partial charge in [0.1, 0.15) is 0 Å². The van der Waals surface area contributed by atoms with Crippen LogP contribution in [0.3, 0.4) is 0 Å². The van der Waals surface area contributed by atoms with Gasteiger partial charge in [0.05, 0.1) is 11.1 Å². The largest absolute Gasteiger partial charge is 0.419 e. The van der Waals surface area contributed by atoms with Gasteiger partial charge in [-0.15, -0.1) is 33.7 Å². The number of hydrogen-bond acceptors (Lipinski definition) is 6. The Bertz CT molecular complexity index is 1030. The van der Waals surface area contributed by atoms with Gasteiger partial charge in [-0.1, -0.05) is 23.7 Å². The van der Waals surface area contributed by atoms with Crippen LogP contribution in [0.25, 0.3) is 11.5 Å². The van der Waals surface area contributed by atoms with Gasteiger partial charge in [-0.05, 0) is 54.8 Å². The number of carbonyl (C=O) groups is 1. The first-order valence-electron chi connectivity index (χ1n) is 9.90. The number of carbonyl (C=O) groups excluding carboxylic acids is 1. The van der Waals surface area contributed by atoms with E-state index >= 15 is 0 Å². The Hall–Kier alpha value is -1.96. The summed E-state index contributed by atoms with van der Waals surface area (Å²) >= 11 is 9.87. The van der Waals surface area contributed by atoms with E-state index in [1.807, 2.05) is 52.7 Å². The molecule has 0 spiro atoms. The van der Waals surface area contributed by atoms with Gasteiger partial charge < -0.3 is 9.32 Å². The first-order valence-corrected chi connectivity index (χ1v) is 12.4. The molecule has 1 saturated heterocycles. The summed E-state index contributed by atoms with van der Waals surface area (Å²) in [5, 5.41) is 8.95. The molecular weight excluding hydrogens is 438 g/mol. The van der Waals surface area contributed by atoms with Gasteiger partial charge >= 0.3 is 0 Å². The van der Waals surface area contributed by atoms with Crippen LogP contribution >= 0.6 is 35.1 Å². The fraction of sp³-hybridized carbons (Fsp3) is 0.318. The predicted octanol–water partition coefficient (Wildman–Crippen LogP) is 5.67. The summed E-state index contributed by atoms with van der Waals surface area (Å²) in [5.74, 6) is 3.26. The highest BCUT2D eigenvalue weighted by atomic mass is 35.5. The molecule has 0 bridgehead atoms. The third-order valence-electron chi connectivity index (χ3n) is 5.16. The van der Waals surface area contributed by atoms with Crippen molar-refractivity contribution in [1.82, 2.24) is 15.1 Å². The van der Waals surface area contributed by atoms with Crippen molar-refractivity contribution >= 4 is 41.0 Å². The molecule has 0 atom stereocenters. The van der Waals surface area contributed by atoms with E-state index < -0.39 is 0 Å². The zero-order valence-corrected chi connectivity index (χ0v) is 18.6. The van der Waals surface area contributed by atoms with Crippen LogP contribution < -0.4 is 0 Å². The van der Waals surface area contributed by atoms with Gasteiger partial charge in [-0.25, -0.2) is 0 Å². The number of benzene rings is 2. The topological polar surface area (TPSA) is 59.2 Å². The van der Waals surface area contributed by atoms with Gasteiger partial charge in [0, 0.05) is 33.7 Å². The molecule has 2 fully saturated rings. The molecule has 0 N–H and O–H groups in total. The fourth-order valence-corrected chi connectivity index (χ4v) is 6.41. The van der Waals surface area contributed by atoms with E-state index in [0.717, 1.165) is 18.4 Å². The zero-order chi connectivity index (χ0) is 20.5. The lowest BCUT2D eigenvalue weighted by atomic mass is 10.1. The Morgan fingerprint density at radius 2 is 1.73 bits per heavy atom. The summed E-state index contributed by atoms with van der Waals surface area (Å²) in [6, 6.07) is 15.5. The minimum atomic E-state index is 0.0158. The Labute approximate surface area is 188 Å². The summed E-state index contributed by atoms with van der Waals surface area (Å²) in [6.07, 6.45) is 2.02. The lowest BCUT2D eigenvalue weighted by Gasteiger charge is -2.21. The van der Waals surface area contributed by atoms with Crippen molar-refractivity contribution in [2.24, 2.45) is 0 Å². The van der Waals surface area contributed by atoms with Crippen molar-refractivity contribution in [2.75, 3.05) is 11.5 Å². The Morgan fingerprint density at radius 1 is 1.03 bits per heavy atom.